The van der Waals surface area contributed by atoms with Gasteiger partial charge in [-0.05, 0) is 96.1 Å². The highest BCUT2D eigenvalue weighted by Crippen LogP contribution is 2.33. The van der Waals surface area contributed by atoms with E-state index >= 15 is 0 Å². The van der Waals surface area contributed by atoms with Gasteiger partial charge < -0.3 is 16.4 Å². The second-order valence-corrected chi connectivity index (χ2v) is 11.1. The molecule has 1 saturated carbocycles. The first-order valence-electron chi connectivity index (χ1n) is 14.2. The predicted octanol–water partition coefficient (Wildman–Crippen LogP) is 3.61. The Morgan fingerprint density at radius 2 is 1.70 bits per heavy atom. The van der Waals surface area contributed by atoms with Gasteiger partial charge in [0.2, 0.25) is 11.8 Å². The molecule has 226 valence electrons. The van der Waals surface area contributed by atoms with E-state index in [4.69, 9.17) is 11.5 Å². The van der Waals surface area contributed by atoms with Crippen molar-refractivity contribution < 1.29 is 9.59 Å². The van der Waals surface area contributed by atoms with Crippen LogP contribution in [0.4, 0.5) is 11.5 Å². The summed E-state index contributed by atoms with van der Waals surface area (Å²) in [6.07, 6.45) is 5.35. The van der Waals surface area contributed by atoms with Crippen LogP contribution in [0.3, 0.4) is 0 Å². The molecule has 1 fully saturated rings. The van der Waals surface area contributed by atoms with E-state index in [1.807, 2.05) is 85.9 Å². The van der Waals surface area contributed by atoms with Crippen molar-refractivity contribution in [3.05, 3.63) is 72.4 Å². The molecule has 0 saturated heterocycles. The van der Waals surface area contributed by atoms with Crippen LogP contribution < -0.4 is 21.3 Å². The highest BCUT2D eigenvalue weighted by Gasteiger charge is 2.36. The Kier molecular flexibility index (Phi) is 10.4. The molecule has 43 heavy (non-hydrogen) atoms. The monoisotopic (exact) mass is 603 g/mol. The van der Waals surface area contributed by atoms with Crippen LogP contribution in [0.25, 0.3) is 22.5 Å². The van der Waals surface area contributed by atoms with Crippen LogP contribution in [0.1, 0.15) is 31.2 Å². The molecule has 1 aliphatic rings. The fourth-order valence-electron chi connectivity index (χ4n) is 5.61. The number of nitrogens with two attached hydrogens (primary N) is 2. The third-order valence-electron chi connectivity index (χ3n) is 8.07. The minimum atomic E-state index is -0.882. The van der Waals surface area contributed by atoms with Crippen molar-refractivity contribution in [1.82, 2.24) is 25.6 Å². The van der Waals surface area contributed by atoms with Gasteiger partial charge in [-0.2, -0.15) is 0 Å². The zero-order chi connectivity index (χ0) is 29.6. The predicted molar refractivity (Wildman–Crippen MR) is 170 cm³/mol. The Morgan fingerprint density at radius 1 is 0.977 bits per heavy atom. The average Bonchev–Trinajstić information content (AvgIpc) is 3.56. The highest BCUT2D eigenvalue weighted by atomic mass is 35.5. The minimum absolute atomic E-state index is 0. The Morgan fingerprint density at radius 3 is 2.28 bits per heavy atom. The van der Waals surface area contributed by atoms with E-state index in [0.717, 1.165) is 53.8 Å². The summed E-state index contributed by atoms with van der Waals surface area (Å²) in [5, 5.41) is 14.0. The standard InChI is InChI=1S/C31H37N9O2.ClH/c1-39(2)28-15-12-25(19-34-28)24-5-3-4-21(16-24)17-27(29(33)41)40(31(42)23-8-6-20(18-32)7-9-23)26-13-10-22(11-14-26)30-35-37-38-36-30;/h3-5,10-16,19-20,23,27H,6-9,17-18,32H2,1-2H3,(H2,33,41)(H,35,36,37,38);1H/t20-,23-,27-;/m0./s1. The number of rotatable bonds is 10. The first kappa shape index (κ1) is 31.6. The molecule has 12 heteroatoms. The lowest BCUT2D eigenvalue weighted by molar-refractivity contribution is -0.127. The maximum atomic E-state index is 14.2. The summed E-state index contributed by atoms with van der Waals surface area (Å²) in [5.74, 6) is 0.932. The first-order chi connectivity index (χ1) is 20.3. The lowest BCUT2D eigenvalue weighted by Gasteiger charge is -2.35. The van der Waals surface area contributed by atoms with Crippen molar-refractivity contribution in [3.63, 3.8) is 0 Å². The van der Waals surface area contributed by atoms with Gasteiger partial charge in [-0.15, -0.1) is 17.5 Å². The zero-order valence-corrected chi connectivity index (χ0v) is 25.2. The normalized spacial score (nSPS) is 17.0. The highest BCUT2D eigenvalue weighted by molar-refractivity contribution is 6.01. The second-order valence-electron chi connectivity index (χ2n) is 11.1. The maximum absolute atomic E-state index is 14.2. The van der Waals surface area contributed by atoms with Crippen LogP contribution in [-0.4, -0.2) is 64.1 Å². The fourth-order valence-corrected chi connectivity index (χ4v) is 5.61. The van der Waals surface area contributed by atoms with Crippen molar-refractivity contribution in [1.29, 1.82) is 0 Å². The van der Waals surface area contributed by atoms with Gasteiger partial charge in [0.15, 0.2) is 5.82 Å². The summed E-state index contributed by atoms with van der Waals surface area (Å²) < 4.78 is 0. The van der Waals surface area contributed by atoms with Gasteiger partial charge in [-0.3, -0.25) is 14.5 Å². The number of amides is 2. The van der Waals surface area contributed by atoms with Crippen molar-refractivity contribution in [2.45, 2.75) is 38.1 Å². The van der Waals surface area contributed by atoms with E-state index in [9.17, 15) is 9.59 Å². The van der Waals surface area contributed by atoms with Crippen LogP contribution in [0.15, 0.2) is 66.9 Å². The molecule has 0 bridgehead atoms. The molecule has 1 aliphatic carbocycles. The number of benzene rings is 2. The molecule has 0 aliphatic heterocycles. The molecular formula is C31H38ClN9O2. The molecule has 5 N–H and O–H groups in total. The molecule has 1 atom stereocenters. The van der Waals surface area contributed by atoms with Crippen molar-refractivity contribution in [2.24, 2.45) is 23.3 Å². The molecule has 0 unspecified atom stereocenters. The molecule has 2 amide bonds. The van der Waals surface area contributed by atoms with E-state index in [1.54, 1.807) is 4.90 Å². The van der Waals surface area contributed by atoms with E-state index < -0.39 is 11.9 Å². The first-order valence-corrected chi connectivity index (χ1v) is 14.2. The Hall–Kier alpha value is -4.35. The number of anilines is 2. The Bertz CT molecular complexity index is 1490. The lowest BCUT2D eigenvalue weighted by Crippen LogP contribution is -2.52. The topological polar surface area (TPSA) is 160 Å². The average molecular weight is 604 g/mol. The number of nitrogens with one attached hydrogen (secondary N) is 1. The molecule has 2 aromatic heterocycles. The van der Waals surface area contributed by atoms with Gasteiger partial charge >= 0.3 is 0 Å². The number of carbonyl (C=O) groups is 2. The number of hydrogen-bond acceptors (Lipinski definition) is 8. The summed E-state index contributed by atoms with van der Waals surface area (Å²) in [6.45, 7) is 0.621. The van der Waals surface area contributed by atoms with Crippen LogP contribution in [0.2, 0.25) is 0 Å². The lowest BCUT2D eigenvalue weighted by atomic mass is 9.81. The molecule has 4 aromatic rings. The van der Waals surface area contributed by atoms with E-state index in [0.29, 0.717) is 24.0 Å². The van der Waals surface area contributed by atoms with Crippen molar-refractivity contribution in [2.75, 3.05) is 30.4 Å². The molecule has 2 aromatic carbocycles. The third-order valence-corrected chi connectivity index (χ3v) is 8.07. The van der Waals surface area contributed by atoms with Gasteiger partial charge in [-0.25, -0.2) is 10.1 Å². The van der Waals surface area contributed by atoms with E-state index in [1.165, 1.54) is 0 Å². The Balaban J connectivity index is 0.00000423. The molecule has 11 nitrogen and oxygen atoms in total. The SMILES string of the molecule is CN(C)c1ccc(-c2cccc(C[C@@H](C(N)=O)N(c3ccc(-c4nnn[nH]4)cc3)C(=O)[C@H]3CC[C@H](CN)CC3)c2)cn1.Cl. The summed E-state index contributed by atoms with van der Waals surface area (Å²) in [4.78, 5) is 35.3. The van der Waals surface area contributed by atoms with Gasteiger partial charge in [0, 0.05) is 49.4 Å². The minimum Gasteiger partial charge on any atom is -0.368 e. The van der Waals surface area contributed by atoms with Crippen LogP contribution in [-0.2, 0) is 16.0 Å². The number of primary amides is 1. The van der Waals surface area contributed by atoms with Crippen LogP contribution in [0, 0.1) is 11.8 Å². The summed E-state index contributed by atoms with van der Waals surface area (Å²) in [6, 6.07) is 18.3. The molecule has 0 radical (unpaired) electrons. The summed E-state index contributed by atoms with van der Waals surface area (Å²) in [5.41, 5.74) is 16.1. The van der Waals surface area contributed by atoms with Crippen molar-refractivity contribution in [3.8, 4) is 22.5 Å². The number of pyridine rings is 1. The fraction of sp³-hybridized carbons (Fsp3) is 0.355. The van der Waals surface area contributed by atoms with Gasteiger partial charge in [-0.1, -0.05) is 24.3 Å². The number of tetrazole rings is 1. The molecule has 5 rings (SSSR count). The number of nitrogens with zero attached hydrogens (tertiary/aromatic N) is 6. The number of carbonyl (C=O) groups excluding carboxylic acids is 2. The van der Waals surface area contributed by atoms with E-state index in [2.05, 4.69) is 25.6 Å². The molecule has 2 heterocycles. The van der Waals surface area contributed by atoms with Crippen molar-refractivity contribution >= 4 is 35.7 Å². The van der Waals surface area contributed by atoms with Crippen LogP contribution in [0.5, 0.6) is 0 Å². The largest absolute Gasteiger partial charge is 0.368 e. The summed E-state index contributed by atoms with van der Waals surface area (Å²) >= 11 is 0. The zero-order valence-electron chi connectivity index (χ0n) is 24.4. The molecular weight excluding hydrogens is 566 g/mol. The maximum Gasteiger partial charge on any atom is 0.240 e. The third kappa shape index (κ3) is 7.36. The number of H-pyrrole nitrogens is 1. The van der Waals surface area contributed by atoms with Gasteiger partial charge in [0.05, 0.1) is 0 Å². The summed E-state index contributed by atoms with van der Waals surface area (Å²) in [7, 11) is 3.89. The number of aromatic amines is 1. The van der Waals surface area contributed by atoms with Crippen LogP contribution >= 0.6 is 12.4 Å². The smallest absolute Gasteiger partial charge is 0.240 e. The van der Waals surface area contributed by atoms with Gasteiger partial charge in [0.1, 0.15) is 11.9 Å². The Labute approximate surface area is 257 Å². The number of hydrogen-bond donors (Lipinski definition) is 3. The van der Waals surface area contributed by atoms with Gasteiger partial charge in [0.25, 0.3) is 0 Å². The molecule has 0 spiro atoms. The number of aromatic nitrogens is 5. The number of halogens is 1. The second kappa shape index (κ2) is 14.2. The quantitative estimate of drug-likeness (QED) is 0.248. The van der Waals surface area contributed by atoms with E-state index in [-0.39, 0.29) is 30.7 Å².